The number of hydrogen-bond acceptors (Lipinski definition) is 5. The lowest BCUT2D eigenvalue weighted by Gasteiger charge is -2.25. The lowest BCUT2D eigenvalue weighted by molar-refractivity contribution is -0.141. The van der Waals surface area contributed by atoms with Gasteiger partial charge in [0.25, 0.3) is 0 Å². The molecule has 2 atom stereocenters. The Kier molecular flexibility index (Phi) is 9.73. The maximum absolute atomic E-state index is 13.3. The Morgan fingerprint density at radius 1 is 0.974 bits per heavy atom. The van der Waals surface area contributed by atoms with Crippen molar-refractivity contribution in [2.75, 3.05) is 20.3 Å². The number of ether oxygens (including phenoxy) is 2. The van der Waals surface area contributed by atoms with E-state index in [0.717, 1.165) is 36.1 Å². The molecule has 4 rings (SSSR count). The molecule has 0 aliphatic carbocycles. The van der Waals surface area contributed by atoms with Crippen LogP contribution in [0.2, 0.25) is 0 Å². The molecule has 0 radical (unpaired) electrons. The van der Waals surface area contributed by atoms with Gasteiger partial charge in [0.2, 0.25) is 5.91 Å². The third-order valence-corrected chi connectivity index (χ3v) is 7.32. The quantitative estimate of drug-likeness (QED) is 0.180. The molecule has 3 N–H and O–H groups in total. The van der Waals surface area contributed by atoms with E-state index in [1.54, 1.807) is 0 Å². The predicted octanol–water partition coefficient (Wildman–Crippen LogP) is 5.21. The second-order valence-electron chi connectivity index (χ2n) is 10.0. The molecule has 1 aliphatic heterocycles. The van der Waals surface area contributed by atoms with Crippen LogP contribution in [0.1, 0.15) is 43.2 Å². The molecule has 0 unspecified atom stereocenters. The minimum atomic E-state index is -0.238. The summed E-state index contributed by atoms with van der Waals surface area (Å²) < 4.78 is 10.9. The van der Waals surface area contributed by atoms with E-state index in [9.17, 15) is 9.59 Å². The molecule has 1 heterocycles. The highest BCUT2D eigenvalue weighted by molar-refractivity contribution is 5.95. The van der Waals surface area contributed by atoms with Gasteiger partial charge in [-0.05, 0) is 60.9 Å². The van der Waals surface area contributed by atoms with E-state index < -0.39 is 0 Å². The van der Waals surface area contributed by atoms with E-state index in [0.29, 0.717) is 38.0 Å². The van der Waals surface area contributed by atoms with Crippen LogP contribution in [0.3, 0.4) is 0 Å². The van der Waals surface area contributed by atoms with Crippen LogP contribution in [0.25, 0.3) is 11.1 Å². The second kappa shape index (κ2) is 13.6. The summed E-state index contributed by atoms with van der Waals surface area (Å²) in [6, 6.07) is 25.8. The molecule has 7 nitrogen and oxygen atoms in total. The number of esters is 1. The first-order chi connectivity index (χ1) is 18.9. The molecule has 39 heavy (non-hydrogen) atoms. The Morgan fingerprint density at radius 3 is 2.28 bits per heavy atom. The predicted molar refractivity (Wildman–Crippen MR) is 153 cm³/mol. The van der Waals surface area contributed by atoms with E-state index in [4.69, 9.17) is 20.6 Å². The normalized spacial score (nSPS) is 16.7. The fourth-order valence-corrected chi connectivity index (χ4v) is 5.13. The van der Waals surface area contributed by atoms with Crippen LogP contribution in [0.15, 0.2) is 78.9 Å². The number of nitrogens with zero attached hydrogens (tertiary/aromatic N) is 1. The summed E-state index contributed by atoms with van der Waals surface area (Å²) in [6.07, 6.45) is 4.18. The zero-order valence-corrected chi connectivity index (χ0v) is 22.5. The van der Waals surface area contributed by atoms with Gasteiger partial charge in [-0.15, -0.1) is 0 Å². The average molecular weight is 528 g/mol. The van der Waals surface area contributed by atoms with Crippen molar-refractivity contribution in [2.24, 2.45) is 11.7 Å². The number of likely N-dealkylation sites (tertiary alicyclic amines) is 1. The molecule has 0 bridgehead atoms. The molecule has 1 amide bonds. The smallest absolute Gasteiger partial charge is 0.305 e. The summed E-state index contributed by atoms with van der Waals surface area (Å²) in [5.74, 6) is 0.630. The number of methoxy groups -OCH3 is 1. The van der Waals surface area contributed by atoms with Gasteiger partial charge < -0.3 is 20.1 Å². The number of amides is 1. The molecule has 3 aromatic rings. The molecular weight excluding hydrogens is 490 g/mol. The lowest BCUT2D eigenvalue weighted by atomic mass is 9.98. The van der Waals surface area contributed by atoms with Gasteiger partial charge in [0.1, 0.15) is 18.2 Å². The third-order valence-electron chi connectivity index (χ3n) is 7.32. The molecule has 7 heteroatoms. The van der Waals surface area contributed by atoms with Crippen molar-refractivity contribution >= 4 is 17.7 Å². The number of amidine groups is 1. The summed E-state index contributed by atoms with van der Waals surface area (Å²) in [5.41, 5.74) is 9.59. The number of nitrogen functional groups attached to an aromatic ring is 1. The summed E-state index contributed by atoms with van der Waals surface area (Å²) in [5, 5.41) is 7.55. The van der Waals surface area contributed by atoms with Crippen molar-refractivity contribution < 1.29 is 19.1 Å². The molecule has 0 aromatic heterocycles. The molecule has 0 saturated carbocycles. The van der Waals surface area contributed by atoms with Gasteiger partial charge in [-0.1, -0.05) is 66.7 Å². The van der Waals surface area contributed by atoms with Crippen LogP contribution < -0.4 is 10.5 Å². The number of rotatable bonds is 13. The van der Waals surface area contributed by atoms with E-state index in [1.165, 1.54) is 12.7 Å². The molecule has 1 fully saturated rings. The molecule has 1 aliphatic rings. The van der Waals surface area contributed by atoms with Crippen molar-refractivity contribution in [2.45, 2.75) is 44.6 Å². The zero-order valence-electron chi connectivity index (χ0n) is 22.5. The van der Waals surface area contributed by atoms with Gasteiger partial charge in [-0.2, -0.15) is 0 Å². The van der Waals surface area contributed by atoms with E-state index in [-0.39, 0.29) is 29.7 Å². The van der Waals surface area contributed by atoms with Crippen LogP contribution >= 0.6 is 0 Å². The number of hydrogen-bond donors (Lipinski definition) is 2. The summed E-state index contributed by atoms with van der Waals surface area (Å²) in [7, 11) is 1.39. The number of aryl methyl sites for hydroxylation is 1. The van der Waals surface area contributed by atoms with Crippen molar-refractivity contribution in [3.05, 3.63) is 90.0 Å². The Bertz CT molecular complexity index is 1240. The average Bonchev–Trinajstić information content (AvgIpc) is 3.26. The molecule has 3 aromatic carbocycles. The van der Waals surface area contributed by atoms with Crippen molar-refractivity contribution in [1.82, 2.24) is 4.90 Å². The van der Waals surface area contributed by atoms with Gasteiger partial charge in [0.15, 0.2) is 0 Å². The van der Waals surface area contributed by atoms with Crippen LogP contribution in [-0.2, 0) is 20.7 Å². The second-order valence-corrected chi connectivity index (χ2v) is 10.0. The Labute approximate surface area is 230 Å². The summed E-state index contributed by atoms with van der Waals surface area (Å²) in [6.45, 7) is 1.11. The minimum absolute atomic E-state index is 0.00444. The monoisotopic (exact) mass is 527 g/mol. The largest absolute Gasteiger partial charge is 0.491 e. The lowest BCUT2D eigenvalue weighted by Crippen LogP contribution is -2.38. The first-order valence-electron chi connectivity index (χ1n) is 13.5. The highest BCUT2D eigenvalue weighted by Gasteiger charge is 2.39. The SMILES string of the molecule is COC(=O)CCC[C@@H]1C[C@@H](COc2ccc(-c3ccc(C(=N)N)cc3)cc2)N(CCCc2ccccc2)C1=O. The van der Waals surface area contributed by atoms with Gasteiger partial charge in [-0.3, -0.25) is 15.0 Å². The minimum Gasteiger partial charge on any atom is -0.491 e. The van der Waals surface area contributed by atoms with E-state index in [2.05, 4.69) is 12.1 Å². The topological polar surface area (TPSA) is 106 Å². The van der Waals surface area contributed by atoms with Crippen LogP contribution in [0.4, 0.5) is 0 Å². The molecule has 204 valence electrons. The maximum atomic E-state index is 13.3. The highest BCUT2D eigenvalue weighted by atomic mass is 16.5. The number of benzene rings is 3. The van der Waals surface area contributed by atoms with E-state index in [1.807, 2.05) is 71.6 Å². The molecule has 1 saturated heterocycles. The molecule has 0 spiro atoms. The first kappa shape index (κ1) is 27.9. The number of carbonyl (C=O) groups excluding carboxylic acids is 2. The van der Waals surface area contributed by atoms with Gasteiger partial charge in [0.05, 0.1) is 13.2 Å². The van der Waals surface area contributed by atoms with Crippen LogP contribution in [0, 0.1) is 11.3 Å². The van der Waals surface area contributed by atoms with Gasteiger partial charge in [0, 0.05) is 24.4 Å². The highest BCUT2D eigenvalue weighted by Crippen LogP contribution is 2.30. The van der Waals surface area contributed by atoms with Crippen LogP contribution in [0.5, 0.6) is 5.75 Å². The maximum Gasteiger partial charge on any atom is 0.305 e. The number of nitrogens with one attached hydrogen (secondary N) is 1. The Morgan fingerprint density at radius 2 is 1.64 bits per heavy atom. The number of carbonyl (C=O) groups is 2. The van der Waals surface area contributed by atoms with E-state index >= 15 is 0 Å². The van der Waals surface area contributed by atoms with Crippen molar-refractivity contribution in [3.63, 3.8) is 0 Å². The van der Waals surface area contributed by atoms with Crippen molar-refractivity contribution in [3.8, 4) is 16.9 Å². The standard InChI is InChI=1S/C32H37N3O4/c1-38-30(36)11-5-10-27-21-28(35(32(27)37)20-6-9-23-7-3-2-4-8-23)22-39-29-18-16-25(17-19-29)24-12-14-26(15-13-24)31(33)34/h2-4,7-8,12-19,27-28H,5-6,9-11,20-22H2,1H3,(H3,33,34)/t27-,28+/m1/s1. The third kappa shape index (κ3) is 7.69. The van der Waals surface area contributed by atoms with Crippen molar-refractivity contribution in [1.29, 1.82) is 5.41 Å². The number of nitrogens with two attached hydrogens (primary N) is 1. The summed E-state index contributed by atoms with van der Waals surface area (Å²) >= 11 is 0. The van der Waals surface area contributed by atoms with Gasteiger partial charge >= 0.3 is 5.97 Å². The molecular formula is C32H37N3O4. The Balaban J connectivity index is 1.36. The first-order valence-corrected chi connectivity index (χ1v) is 13.5. The summed E-state index contributed by atoms with van der Waals surface area (Å²) in [4.78, 5) is 26.8. The van der Waals surface area contributed by atoms with Gasteiger partial charge in [-0.25, -0.2) is 0 Å². The fourth-order valence-electron chi connectivity index (χ4n) is 5.13. The Hall–Kier alpha value is -4.13. The van der Waals surface area contributed by atoms with Crippen LogP contribution in [-0.4, -0.2) is 48.9 Å². The zero-order chi connectivity index (χ0) is 27.6. The fraction of sp³-hybridized carbons (Fsp3) is 0.344.